The van der Waals surface area contributed by atoms with Crippen LogP contribution in [0.4, 0.5) is 0 Å². The van der Waals surface area contributed by atoms with Crippen molar-refractivity contribution in [2.24, 2.45) is 0 Å². The van der Waals surface area contributed by atoms with Gasteiger partial charge in [0, 0.05) is 6.07 Å². The van der Waals surface area contributed by atoms with Crippen LogP contribution < -0.4 is 9.47 Å². The molecule has 1 saturated heterocycles. The van der Waals surface area contributed by atoms with Gasteiger partial charge in [-0.1, -0.05) is 0 Å². The zero-order valence-electron chi connectivity index (χ0n) is 11.0. The molecule has 0 amide bonds. The van der Waals surface area contributed by atoms with Crippen molar-refractivity contribution >= 4 is 17.5 Å². The second kappa shape index (κ2) is 5.22. The molecular weight excluding hydrogens is 248 g/mol. The summed E-state index contributed by atoms with van der Waals surface area (Å²) < 4.78 is 10.1. The van der Waals surface area contributed by atoms with Crippen LogP contribution in [0.3, 0.4) is 0 Å². The van der Waals surface area contributed by atoms with E-state index in [0.717, 1.165) is 18.6 Å². The summed E-state index contributed by atoms with van der Waals surface area (Å²) in [5.41, 5.74) is 0.648. The maximum atomic E-state index is 12.6. The predicted octanol–water partition coefficient (Wildman–Crippen LogP) is 3.17. The molecule has 3 nitrogen and oxygen atoms in total. The minimum atomic E-state index is -0.304. The SMILES string of the molecule is COc1ccc(C(=O)C2(C)CCCS2)c(OC)c1. The van der Waals surface area contributed by atoms with Crippen LogP contribution in [0.15, 0.2) is 18.2 Å². The maximum absolute atomic E-state index is 12.6. The number of carbonyl (C=O) groups is 1. The Kier molecular flexibility index (Phi) is 3.85. The molecule has 1 aromatic carbocycles. The number of rotatable bonds is 4. The summed E-state index contributed by atoms with van der Waals surface area (Å²) in [7, 11) is 3.18. The second-order valence-corrected chi connectivity index (χ2v) is 6.18. The number of thioether (sulfide) groups is 1. The van der Waals surface area contributed by atoms with Gasteiger partial charge in [-0.05, 0) is 37.7 Å². The van der Waals surface area contributed by atoms with Crippen LogP contribution in [0.5, 0.6) is 11.5 Å². The number of ether oxygens (including phenoxy) is 2. The van der Waals surface area contributed by atoms with Gasteiger partial charge in [-0.2, -0.15) is 0 Å². The molecule has 0 spiro atoms. The first-order chi connectivity index (χ1) is 8.60. The molecule has 0 aromatic heterocycles. The molecule has 0 bridgehead atoms. The van der Waals surface area contributed by atoms with Crippen LogP contribution in [0.2, 0.25) is 0 Å². The highest BCUT2D eigenvalue weighted by Crippen LogP contribution is 2.42. The Morgan fingerprint density at radius 1 is 1.33 bits per heavy atom. The monoisotopic (exact) mass is 266 g/mol. The van der Waals surface area contributed by atoms with Crippen molar-refractivity contribution in [2.75, 3.05) is 20.0 Å². The van der Waals surface area contributed by atoms with Gasteiger partial charge < -0.3 is 9.47 Å². The summed E-state index contributed by atoms with van der Waals surface area (Å²) in [6.45, 7) is 2.02. The quantitative estimate of drug-likeness (QED) is 0.784. The average Bonchev–Trinajstić information content (AvgIpc) is 2.85. The van der Waals surface area contributed by atoms with E-state index in [1.807, 2.05) is 6.92 Å². The van der Waals surface area contributed by atoms with Crippen LogP contribution in [-0.2, 0) is 0 Å². The molecule has 0 saturated carbocycles. The zero-order valence-corrected chi connectivity index (χ0v) is 11.8. The number of benzene rings is 1. The lowest BCUT2D eigenvalue weighted by Crippen LogP contribution is -2.29. The van der Waals surface area contributed by atoms with Crippen LogP contribution in [0, 0.1) is 0 Å². The third-order valence-corrected chi connectivity index (χ3v) is 4.87. The Morgan fingerprint density at radius 3 is 2.67 bits per heavy atom. The molecule has 1 unspecified atom stereocenters. The summed E-state index contributed by atoms with van der Waals surface area (Å²) >= 11 is 1.74. The van der Waals surface area contributed by atoms with Crippen molar-refractivity contribution in [3.05, 3.63) is 23.8 Å². The van der Waals surface area contributed by atoms with Crippen molar-refractivity contribution in [1.29, 1.82) is 0 Å². The molecule has 18 heavy (non-hydrogen) atoms. The van der Waals surface area contributed by atoms with Crippen LogP contribution in [-0.4, -0.2) is 30.5 Å². The zero-order chi connectivity index (χ0) is 13.2. The Bertz CT molecular complexity index is 450. The molecule has 1 heterocycles. The molecule has 1 aromatic rings. The van der Waals surface area contributed by atoms with E-state index in [9.17, 15) is 4.79 Å². The molecule has 4 heteroatoms. The van der Waals surface area contributed by atoms with Gasteiger partial charge in [0.15, 0.2) is 5.78 Å². The van der Waals surface area contributed by atoms with Gasteiger partial charge in [-0.25, -0.2) is 0 Å². The van der Waals surface area contributed by atoms with Crippen molar-refractivity contribution in [1.82, 2.24) is 0 Å². The second-order valence-electron chi connectivity index (χ2n) is 4.58. The number of Topliss-reactive ketones (excluding diaryl/α,β-unsaturated/α-hetero) is 1. The van der Waals surface area contributed by atoms with E-state index in [1.165, 1.54) is 0 Å². The van der Waals surface area contributed by atoms with E-state index < -0.39 is 0 Å². The third-order valence-electron chi connectivity index (χ3n) is 3.35. The van der Waals surface area contributed by atoms with E-state index in [0.29, 0.717) is 17.1 Å². The van der Waals surface area contributed by atoms with Gasteiger partial charge in [0.05, 0.1) is 24.5 Å². The number of methoxy groups -OCH3 is 2. The lowest BCUT2D eigenvalue weighted by Gasteiger charge is -2.22. The average molecular weight is 266 g/mol. The Hall–Kier alpha value is -1.16. The van der Waals surface area contributed by atoms with Gasteiger partial charge in [-0.15, -0.1) is 11.8 Å². The highest BCUT2D eigenvalue weighted by Gasteiger charge is 2.38. The molecular formula is C14H18O3S. The maximum Gasteiger partial charge on any atom is 0.182 e. The van der Waals surface area contributed by atoms with Crippen LogP contribution >= 0.6 is 11.8 Å². The molecule has 1 aliphatic heterocycles. The van der Waals surface area contributed by atoms with Crippen molar-refractivity contribution in [2.45, 2.75) is 24.5 Å². The van der Waals surface area contributed by atoms with Crippen molar-refractivity contribution < 1.29 is 14.3 Å². The van der Waals surface area contributed by atoms with Gasteiger partial charge in [0.1, 0.15) is 11.5 Å². The summed E-state index contributed by atoms with van der Waals surface area (Å²) in [5, 5.41) is 0. The smallest absolute Gasteiger partial charge is 0.182 e. The standard InChI is InChI=1S/C14H18O3S/c1-14(7-4-8-18-14)13(15)11-6-5-10(16-2)9-12(11)17-3/h5-6,9H,4,7-8H2,1-3H3. The Balaban J connectivity index is 2.35. The number of ketones is 1. The fourth-order valence-corrected chi connectivity index (χ4v) is 3.50. The lowest BCUT2D eigenvalue weighted by molar-refractivity contribution is 0.0946. The van der Waals surface area contributed by atoms with Gasteiger partial charge >= 0.3 is 0 Å². The number of hydrogen-bond acceptors (Lipinski definition) is 4. The van der Waals surface area contributed by atoms with E-state index in [1.54, 1.807) is 44.2 Å². The highest BCUT2D eigenvalue weighted by atomic mass is 32.2. The van der Waals surface area contributed by atoms with Crippen LogP contribution in [0.25, 0.3) is 0 Å². The lowest BCUT2D eigenvalue weighted by atomic mass is 9.94. The van der Waals surface area contributed by atoms with Gasteiger partial charge in [0.25, 0.3) is 0 Å². The Labute approximate surface area is 112 Å². The number of hydrogen-bond donors (Lipinski definition) is 0. The number of carbonyl (C=O) groups excluding carboxylic acids is 1. The molecule has 98 valence electrons. The summed E-state index contributed by atoms with van der Waals surface area (Å²) in [6, 6.07) is 5.36. The minimum Gasteiger partial charge on any atom is -0.497 e. The summed E-state index contributed by atoms with van der Waals surface area (Å²) in [6.07, 6.45) is 2.04. The molecule has 2 rings (SSSR count). The predicted molar refractivity (Wildman–Crippen MR) is 74.0 cm³/mol. The molecule has 1 aliphatic rings. The third kappa shape index (κ3) is 2.34. The van der Waals surface area contributed by atoms with E-state index >= 15 is 0 Å². The topological polar surface area (TPSA) is 35.5 Å². The largest absolute Gasteiger partial charge is 0.497 e. The van der Waals surface area contributed by atoms with E-state index in [4.69, 9.17) is 9.47 Å². The van der Waals surface area contributed by atoms with Crippen LogP contribution in [0.1, 0.15) is 30.1 Å². The van der Waals surface area contributed by atoms with E-state index in [-0.39, 0.29) is 10.5 Å². The van der Waals surface area contributed by atoms with Crippen molar-refractivity contribution in [3.8, 4) is 11.5 Å². The summed E-state index contributed by atoms with van der Waals surface area (Å²) in [4.78, 5) is 12.6. The Morgan fingerprint density at radius 2 is 2.11 bits per heavy atom. The van der Waals surface area contributed by atoms with E-state index in [2.05, 4.69) is 0 Å². The van der Waals surface area contributed by atoms with Gasteiger partial charge in [-0.3, -0.25) is 4.79 Å². The minimum absolute atomic E-state index is 0.157. The molecule has 0 N–H and O–H groups in total. The first-order valence-corrected chi connectivity index (χ1v) is 7.00. The fourth-order valence-electron chi connectivity index (χ4n) is 2.23. The van der Waals surface area contributed by atoms with Crippen molar-refractivity contribution in [3.63, 3.8) is 0 Å². The molecule has 1 fully saturated rings. The van der Waals surface area contributed by atoms with Gasteiger partial charge in [0.2, 0.25) is 0 Å². The normalized spacial score (nSPS) is 22.8. The molecule has 0 aliphatic carbocycles. The summed E-state index contributed by atoms with van der Waals surface area (Å²) in [5.74, 6) is 2.51. The fraction of sp³-hybridized carbons (Fsp3) is 0.500. The first-order valence-electron chi connectivity index (χ1n) is 6.01. The molecule has 0 radical (unpaired) electrons. The highest BCUT2D eigenvalue weighted by molar-refractivity contribution is 8.01. The molecule has 1 atom stereocenters. The first kappa shape index (κ1) is 13.3.